The summed E-state index contributed by atoms with van der Waals surface area (Å²) < 4.78 is 5.78. The smallest absolute Gasteiger partial charge is 0.255 e. The highest BCUT2D eigenvalue weighted by molar-refractivity contribution is 5.94. The maximum Gasteiger partial charge on any atom is 0.255 e. The molecule has 2 aliphatic heterocycles. The zero-order chi connectivity index (χ0) is 15.5. The van der Waals surface area contributed by atoms with Gasteiger partial charge in [-0.05, 0) is 12.1 Å². The Morgan fingerprint density at radius 3 is 3.05 bits per heavy atom. The molecule has 0 bridgehead atoms. The minimum Gasteiger partial charge on any atom is -0.373 e. The van der Waals surface area contributed by atoms with E-state index in [2.05, 4.69) is 15.2 Å². The first kappa shape index (κ1) is 14.9. The second-order valence-electron chi connectivity index (χ2n) is 5.57. The topological polar surface area (TPSA) is 74.8 Å². The molecule has 2 amide bonds. The van der Waals surface area contributed by atoms with E-state index in [4.69, 9.17) is 4.74 Å². The summed E-state index contributed by atoms with van der Waals surface area (Å²) >= 11 is 0. The number of pyridine rings is 1. The number of hydrogen-bond donors (Lipinski definition) is 1. The van der Waals surface area contributed by atoms with Crippen molar-refractivity contribution in [3.8, 4) is 0 Å². The van der Waals surface area contributed by atoms with E-state index in [1.165, 1.54) is 0 Å². The fourth-order valence-electron chi connectivity index (χ4n) is 3.06. The molecular weight excluding hydrogens is 284 g/mol. The van der Waals surface area contributed by atoms with Crippen LogP contribution in [0, 0.1) is 0 Å². The monoisotopic (exact) mass is 304 g/mol. The van der Waals surface area contributed by atoms with E-state index in [1.807, 2.05) is 0 Å². The van der Waals surface area contributed by atoms with Crippen molar-refractivity contribution < 1.29 is 14.3 Å². The molecular formula is C15H20N4O3. The highest BCUT2D eigenvalue weighted by Gasteiger charge is 2.42. The van der Waals surface area contributed by atoms with Crippen LogP contribution in [0.25, 0.3) is 0 Å². The molecule has 2 aliphatic rings. The van der Waals surface area contributed by atoms with E-state index in [9.17, 15) is 9.59 Å². The first-order valence-corrected chi connectivity index (χ1v) is 7.44. The maximum absolute atomic E-state index is 12.5. The summed E-state index contributed by atoms with van der Waals surface area (Å²) in [6.45, 7) is 2.78. The average molecular weight is 304 g/mol. The number of aromatic nitrogens is 1. The van der Waals surface area contributed by atoms with Crippen LogP contribution in [0.2, 0.25) is 0 Å². The number of rotatable bonds is 3. The number of likely N-dealkylation sites (N-methyl/N-ethyl adjacent to an activating group) is 1. The molecule has 22 heavy (non-hydrogen) atoms. The molecule has 1 N–H and O–H groups in total. The number of nitrogens with one attached hydrogen (secondary N) is 1. The first-order chi connectivity index (χ1) is 10.7. The van der Waals surface area contributed by atoms with E-state index < -0.39 is 0 Å². The Labute approximate surface area is 129 Å². The summed E-state index contributed by atoms with van der Waals surface area (Å²) in [7, 11) is 1.63. The number of amides is 2. The van der Waals surface area contributed by atoms with Gasteiger partial charge in [-0.2, -0.15) is 0 Å². The highest BCUT2D eigenvalue weighted by Crippen LogP contribution is 2.24. The summed E-state index contributed by atoms with van der Waals surface area (Å²) in [5.74, 6) is -0.0521. The lowest BCUT2D eigenvalue weighted by Crippen LogP contribution is -2.53. The molecule has 2 fully saturated rings. The molecule has 0 aromatic carbocycles. The summed E-state index contributed by atoms with van der Waals surface area (Å²) in [6.07, 6.45) is 3.20. The van der Waals surface area contributed by atoms with E-state index in [0.717, 1.165) is 0 Å². The molecule has 2 saturated heterocycles. The molecule has 0 radical (unpaired) electrons. The van der Waals surface area contributed by atoms with Crippen molar-refractivity contribution >= 4 is 11.8 Å². The minimum absolute atomic E-state index is 0.0160. The molecule has 0 spiro atoms. The van der Waals surface area contributed by atoms with Crippen LogP contribution in [-0.4, -0.2) is 78.6 Å². The molecule has 3 heterocycles. The molecule has 7 heteroatoms. The number of ether oxygens (including phenoxy) is 1. The van der Waals surface area contributed by atoms with Crippen molar-refractivity contribution in [2.75, 3.05) is 39.8 Å². The number of hydrogen-bond acceptors (Lipinski definition) is 5. The summed E-state index contributed by atoms with van der Waals surface area (Å²) in [5, 5.41) is 2.64. The number of carbonyl (C=O) groups is 2. The number of fused-ring (bicyclic) bond motifs is 1. The van der Waals surface area contributed by atoms with Crippen molar-refractivity contribution in [2.24, 2.45) is 0 Å². The Balaban J connectivity index is 1.69. The standard InChI is InChI=1S/C15H20N4O3/c1-16-14(20)10-18-5-6-22-13-9-19(8-12(13)18)15(21)11-3-2-4-17-7-11/h2-4,7,12-13H,5-6,8-10H2,1H3,(H,16,20)/t12-,13+/m0/s1. The molecule has 1 aromatic heterocycles. The van der Waals surface area contributed by atoms with Crippen LogP contribution >= 0.6 is 0 Å². The van der Waals surface area contributed by atoms with Gasteiger partial charge in [0.05, 0.1) is 30.9 Å². The van der Waals surface area contributed by atoms with Gasteiger partial charge >= 0.3 is 0 Å². The predicted molar refractivity (Wildman–Crippen MR) is 79.3 cm³/mol. The van der Waals surface area contributed by atoms with Crippen molar-refractivity contribution in [3.05, 3.63) is 30.1 Å². The molecule has 1 aromatic rings. The Morgan fingerprint density at radius 1 is 1.45 bits per heavy atom. The van der Waals surface area contributed by atoms with Crippen LogP contribution in [0.5, 0.6) is 0 Å². The van der Waals surface area contributed by atoms with Gasteiger partial charge in [-0.1, -0.05) is 0 Å². The first-order valence-electron chi connectivity index (χ1n) is 7.44. The molecule has 7 nitrogen and oxygen atoms in total. The third-order valence-electron chi connectivity index (χ3n) is 4.24. The van der Waals surface area contributed by atoms with Crippen LogP contribution in [0.4, 0.5) is 0 Å². The number of morpholine rings is 1. The predicted octanol–water partition coefficient (Wildman–Crippen LogP) is -0.647. The van der Waals surface area contributed by atoms with Crippen LogP contribution in [0.3, 0.4) is 0 Å². The zero-order valence-corrected chi connectivity index (χ0v) is 12.6. The highest BCUT2D eigenvalue weighted by atomic mass is 16.5. The molecule has 118 valence electrons. The van der Waals surface area contributed by atoms with Crippen LogP contribution in [0.1, 0.15) is 10.4 Å². The van der Waals surface area contributed by atoms with Crippen molar-refractivity contribution in [3.63, 3.8) is 0 Å². The summed E-state index contributed by atoms with van der Waals surface area (Å²) in [5.41, 5.74) is 0.582. The van der Waals surface area contributed by atoms with Gasteiger partial charge in [0.2, 0.25) is 5.91 Å². The quantitative estimate of drug-likeness (QED) is 0.803. The lowest BCUT2D eigenvalue weighted by atomic mass is 10.1. The van der Waals surface area contributed by atoms with Gasteiger partial charge in [0.1, 0.15) is 0 Å². The molecule has 2 atom stereocenters. The number of likely N-dealkylation sites (tertiary alicyclic amines) is 1. The van der Waals surface area contributed by atoms with Gasteiger partial charge in [-0.15, -0.1) is 0 Å². The van der Waals surface area contributed by atoms with E-state index in [-0.39, 0.29) is 24.0 Å². The van der Waals surface area contributed by atoms with Crippen molar-refractivity contribution in [2.45, 2.75) is 12.1 Å². The van der Waals surface area contributed by atoms with E-state index >= 15 is 0 Å². The zero-order valence-electron chi connectivity index (χ0n) is 12.6. The average Bonchev–Trinajstić information content (AvgIpc) is 3.00. The Bertz CT molecular complexity index is 551. The third kappa shape index (κ3) is 2.95. The molecule has 0 unspecified atom stereocenters. The number of carbonyl (C=O) groups excluding carboxylic acids is 2. The van der Waals surface area contributed by atoms with Crippen molar-refractivity contribution in [1.82, 2.24) is 20.1 Å². The second-order valence-corrected chi connectivity index (χ2v) is 5.57. The summed E-state index contributed by atoms with van der Waals surface area (Å²) in [4.78, 5) is 32.0. The van der Waals surface area contributed by atoms with Gasteiger partial charge in [-0.25, -0.2) is 0 Å². The van der Waals surface area contributed by atoms with Gasteiger partial charge < -0.3 is 15.0 Å². The lowest BCUT2D eigenvalue weighted by molar-refractivity contribution is -0.125. The molecule has 3 rings (SSSR count). The van der Waals surface area contributed by atoms with E-state index in [1.54, 1.807) is 36.5 Å². The fraction of sp³-hybridized carbons (Fsp3) is 0.533. The SMILES string of the molecule is CNC(=O)CN1CCO[C@@H]2CN(C(=O)c3cccnc3)C[C@@H]21. The summed E-state index contributed by atoms with van der Waals surface area (Å²) in [6, 6.07) is 3.59. The van der Waals surface area contributed by atoms with Gasteiger partial charge in [0.15, 0.2) is 0 Å². The largest absolute Gasteiger partial charge is 0.373 e. The lowest BCUT2D eigenvalue weighted by Gasteiger charge is -2.35. The van der Waals surface area contributed by atoms with Crippen LogP contribution in [0.15, 0.2) is 24.5 Å². The van der Waals surface area contributed by atoms with Crippen LogP contribution < -0.4 is 5.32 Å². The van der Waals surface area contributed by atoms with E-state index in [0.29, 0.717) is 38.3 Å². The Hall–Kier alpha value is -1.99. The number of nitrogens with zero attached hydrogens (tertiary/aromatic N) is 3. The second kappa shape index (κ2) is 6.41. The Morgan fingerprint density at radius 2 is 2.32 bits per heavy atom. The normalized spacial score (nSPS) is 24.9. The molecule has 0 aliphatic carbocycles. The third-order valence-corrected chi connectivity index (χ3v) is 4.24. The Kier molecular flexibility index (Phi) is 4.35. The van der Waals surface area contributed by atoms with Gasteiger partial charge in [-0.3, -0.25) is 19.5 Å². The fourth-order valence-corrected chi connectivity index (χ4v) is 3.06. The maximum atomic E-state index is 12.5. The van der Waals surface area contributed by atoms with Gasteiger partial charge in [0, 0.05) is 39.1 Å². The van der Waals surface area contributed by atoms with Gasteiger partial charge in [0.25, 0.3) is 5.91 Å². The molecule has 0 saturated carbocycles. The van der Waals surface area contributed by atoms with Crippen molar-refractivity contribution in [1.29, 1.82) is 0 Å². The minimum atomic E-state index is -0.0361. The van der Waals surface area contributed by atoms with Crippen LogP contribution in [-0.2, 0) is 9.53 Å².